The summed E-state index contributed by atoms with van der Waals surface area (Å²) >= 11 is 0. The first-order chi connectivity index (χ1) is 13.7. The van der Waals surface area contributed by atoms with Crippen LogP contribution in [0.4, 0.5) is 0 Å². The Balaban J connectivity index is 1.69. The summed E-state index contributed by atoms with van der Waals surface area (Å²) in [4.78, 5) is 13.1. The number of quaternary nitrogens is 1. The number of hydrogen-bond acceptors (Lipinski definition) is 1. The van der Waals surface area contributed by atoms with Crippen molar-refractivity contribution in [2.75, 3.05) is 0 Å². The molecule has 3 aromatic rings. The van der Waals surface area contributed by atoms with E-state index in [0.29, 0.717) is 6.04 Å². The zero-order chi connectivity index (χ0) is 19.3. The molecule has 0 aromatic heterocycles. The fourth-order valence-corrected chi connectivity index (χ4v) is 3.57. The molecule has 0 saturated heterocycles. The minimum absolute atomic E-state index is 0.0527. The molecule has 1 aliphatic rings. The molecule has 0 aliphatic heterocycles. The molecule has 2 atom stereocenters. The molecule has 0 unspecified atom stereocenters. The molecule has 3 N–H and O–H groups in total. The zero-order valence-corrected chi connectivity index (χ0v) is 16.2. The Bertz CT molecular complexity index is 902. The van der Waals surface area contributed by atoms with Gasteiger partial charge in [-0.25, -0.2) is 0 Å². The highest BCUT2D eigenvalue weighted by molar-refractivity contribution is 5.82. The van der Waals surface area contributed by atoms with Crippen molar-refractivity contribution < 1.29 is 10.1 Å². The molecule has 3 heteroatoms. The van der Waals surface area contributed by atoms with E-state index in [9.17, 15) is 4.79 Å². The number of hydrogen-bond donors (Lipinski definition) is 2. The number of nitrogens with two attached hydrogens (primary N) is 1. The van der Waals surface area contributed by atoms with Crippen molar-refractivity contribution in [3.05, 3.63) is 107 Å². The van der Waals surface area contributed by atoms with Crippen LogP contribution in [-0.4, -0.2) is 11.9 Å². The van der Waals surface area contributed by atoms with Gasteiger partial charge < -0.3 is 10.6 Å². The van der Waals surface area contributed by atoms with Gasteiger partial charge in [-0.05, 0) is 19.8 Å². The lowest BCUT2D eigenvalue weighted by atomic mass is 9.95. The van der Waals surface area contributed by atoms with Crippen LogP contribution < -0.4 is 10.6 Å². The van der Waals surface area contributed by atoms with Crippen molar-refractivity contribution in [2.24, 2.45) is 0 Å². The zero-order valence-electron chi connectivity index (χ0n) is 16.2. The Morgan fingerprint density at radius 2 is 1.36 bits per heavy atom. The maximum atomic E-state index is 13.1. The minimum Gasteiger partial charge on any atom is -0.348 e. The van der Waals surface area contributed by atoms with E-state index in [0.717, 1.165) is 18.4 Å². The quantitative estimate of drug-likeness (QED) is 0.654. The molecule has 28 heavy (non-hydrogen) atoms. The molecule has 1 aliphatic carbocycles. The third kappa shape index (κ3) is 4.49. The Kier molecular flexibility index (Phi) is 5.54. The van der Waals surface area contributed by atoms with Gasteiger partial charge in [0.25, 0.3) is 5.91 Å². The van der Waals surface area contributed by atoms with Gasteiger partial charge in [0.15, 0.2) is 6.04 Å². The van der Waals surface area contributed by atoms with Gasteiger partial charge in [-0.3, -0.25) is 4.79 Å². The van der Waals surface area contributed by atoms with Crippen molar-refractivity contribution in [3.63, 3.8) is 0 Å². The highest BCUT2D eigenvalue weighted by atomic mass is 16.2. The third-order valence-electron chi connectivity index (χ3n) is 5.34. The van der Waals surface area contributed by atoms with Crippen LogP contribution in [0.25, 0.3) is 0 Å². The molecule has 142 valence electrons. The molecular formula is C25H27N2O+. The van der Waals surface area contributed by atoms with Gasteiger partial charge >= 0.3 is 0 Å². The average molecular weight is 372 g/mol. The monoisotopic (exact) mass is 371 g/mol. The van der Waals surface area contributed by atoms with Crippen LogP contribution in [0.2, 0.25) is 0 Å². The van der Waals surface area contributed by atoms with Gasteiger partial charge in [0, 0.05) is 22.7 Å². The minimum atomic E-state index is -0.284. The average Bonchev–Trinajstić information content (AvgIpc) is 3.55. The van der Waals surface area contributed by atoms with E-state index >= 15 is 0 Å². The molecule has 1 saturated carbocycles. The number of carbonyl (C=O) groups is 1. The SMILES string of the molecule is Cc1ccc([C@H]([NH2+][C@H](C(=O)NC2CC2)c2ccccc2)c2ccccc2)cc1. The lowest BCUT2D eigenvalue weighted by Crippen LogP contribution is -2.88. The van der Waals surface area contributed by atoms with Crippen molar-refractivity contribution in [3.8, 4) is 0 Å². The summed E-state index contributed by atoms with van der Waals surface area (Å²) in [5, 5.41) is 5.40. The van der Waals surface area contributed by atoms with Crippen molar-refractivity contribution in [1.82, 2.24) is 5.32 Å². The normalized spacial score (nSPS) is 15.6. The Hall–Kier alpha value is -2.91. The summed E-state index contributed by atoms with van der Waals surface area (Å²) in [7, 11) is 0. The molecule has 0 spiro atoms. The van der Waals surface area contributed by atoms with Crippen molar-refractivity contribution >= 4 is 5.91 Å². The predicted molar refractivity (Wildman–Crippen MR) is 112 cm³/mol. The van der Waals surface area contributed by atoms with Gasteiger partial charge in [-0.2, -0.15) is 0 Å². The van der Waals surface area contributed by atoms with Crippen molar-refractivity contribution in [2.45, 2.75) is 37.9 Å². The summed E-state index contributed by atoms with van der Waals surface area (Å²) < 4.78 is 0. The van der Waals surface area contributed by atoms with Crippen LogP contribution >= 0.6 is 0 Å². The lowest BCUT2D eigenvalue weighted by Gasteiger charge is -2.23. The Labute approximate surface area is 166 Å². The molecule has 0 bridgehead atoms. The van der Waals surface area contributed by atoms with Gasteiger partial charge in [-0.1, -0.05) is 90.5 Å². The van der Waals surface area contributed by atoms with E-state index in [2.05, 4.69) is 66.1 Å². The Morgan fingerprint density at radius 3 is 1.93 bits per heavy atom. The number of amides is 1. The number of carbonyl (C=O) groups excluding carboxylic acids is 1. The molecule has 0 heterocycles. The predicted octanol–water partition coefficient (Wildman–Crippen LogP) is 3.67. The van der Waals surface area contributed by atoms with E-state index in [1.54, 1.807) is 0 Å². The van der Waals surface area contributed by atoms with Crippen LogP contribution in [0.15, 0.2) is 84.9 Å². The summed E-state index contributed by atoms with van der Waals surface area (Å²) in [6, 6.07) is 29.3. The fourth-order valence-electron chi connectivity index (χ4n) is 3.57. The van der Waals surface area contributed by atoms with Gasteiger partial charge in [0.05, 0.1) is 0 Å². The second-order valence-corrected chi connectivity index (χ2v) is 7.66. The second-order valence-electron chi connectivity index (χ2n) is 7.66. The smallest absolute Gasteiger partial charge is 0.283 e. The Morgan fingerprint density at radius 1 is 0.821 bits per heavy atom. The third-order valence-corrected chi connectivity index (χ3v) is 5.34. The topological polar surface area (TPSA) is 45.7 Å². The second kappa shape index (κ2) is 8.41. The first-order valence-electron chi connectivity index (χ1n) is 10.0. The van der Waals surface area contributed by atoms with E-state index in [4.69, 9.17) is 0 Å². The largest absolute Gasteiger partial charge is 0.348 e. The highest BCUT2D eigenvalue weighted by Gasteiger charge is 2.33. The summed E-state index contributed by atoms with van der Waals surface area (Å²) in [5.41, 5.74) is 4.68. The van der Waals surface area contributed by atoms with E-state index in [1.165, 1.54) is 16.7 Å². The first kappa shape index (κ1) is 18.5. The first-order valence-corrected chi connectivity index (χ1v) is 10.0. The van der Waals surface area contributed by atoms with Crippen LogP contribution in [0, 0.1) is 6.92 Å². The molecule has 4 rings (SSSR count). The molecule has 1 fully saturated rings. The van der Waals surface area contributed by atoms with Crippen LogP contribution in [0.5, 0.6) is 0 Å². The van der Waals surface area contributed by atoms with Gasteiger partial charge in [0.1, 0.15) is 6.04 Å². The molecule has 0 radical (unpaired) electrons. The summed E-state index contributed by atoms with van der Waals surface area (Å²) in [5.74, 6) is 0.0988. The van der Waals surface area contributed by atoms with E-state index in [-0.39, 0.29) is 18.0 Å². The maximum absolute atomic E-state index is 13.1. The highest BCUT2D eigenvalue weighted by Crippen LogP contribution is 2.23. The lowest BCUT2D eigenvalue weighted by molar-refractivity contribution is -0.714. The number of nitrogens with one attached hydrogen (secondary N) is 1. The van der Waals surface area contributed by atoms with E-state index in [1.807, 2.05) is 36.4 Å². The molecule has 1 amide bonds. The van der Waals surface area contributed by atoms with Crippen LogP contribution in [0.1, 0.15) is 47.2 Å². The van der Waals surface area contributed by atoms with Gasteiger partial charge in [-0.15, -0.1) is 0 Å². The standard InChI is InChI=1S/C25H26N2O/c1-18-12-14-21(15-13-18)23(19-8-4-2-5-9-19)27-24(20-10-6-3-7-11-20)25(28)26-22-16-17-22/h2-15,22-24,27H,16-17H2,1H3,(H,26,28)/p+1/t23-,24+/m1/s1. The van der Waals surface area contributed by atoms with E-state index < -0.39 is 0 Å². The van der Waals surface area contributed by atoms with Crippen LogP contribution in [0.3, 0.4) is 0 Å². The summed E-state index contributed by atoms with van der Waals surface area (Å²) in [6.07, 6.45) is 2.18. The molecule has 3 nitrogen and oxygen atoms in total. The number of benzene rings is 3. The number of rotatable bonds is 7. The summed E-state index contributed by atoms with van der Waals surface area (Å²) in [6.45, 7) is 2.10. The van der Waals surface area contributed by atoms with Gasteiger partial charge in [0.2, 0.25) is 0 Å². The fraction of sp³-hybridized carbons (Fsp3) is 0.240. The van der Waals surface area contributed by atoms with Crippen LogP contribution in [-0.2, 0) is 4.79 Å². The van der Waals surface area contributed by atoms with Crippen molar-refractivity contribution in [1.29, 1.82) is 0 Å². The maximum Gasteiger partial charge on any atom is 0.283 e. The number of aryl methyl sites for hydroxylation is 1. The molecule has 3 aromatic carbocycles. The molecular weight excluding hydrogens is 344 g/mol.